The minimum absolute atomic E-state index is 0.00176. The average Bonchev–Trinajstić information content (AvgIpc) is 3.15. The maximum Gasteiger partial charge on any atom is 0.256 e. The van der Waals surface area contributed by atoms with E-state index in [1.54, 1.807) is 12.1 Å². The minimum atomic E-state index is -0.728. The first kappa shape index (κ1) is 22.9. The van der Waals surface area contributed by atoms with Gasteiger partial charge in [0.15, 0.2) is 5.75 Å². The van der Waals surface area contributed by atoms with Gasteiger partial charge in [-0.15, -0.1) is 11.3 Å². The van der Waals surface area contributed by atoms with Crippen LogP contribution >= 0.6 is 34.5 Å². The SMILES string of the molecule is NC(=O)c1c(NC(=O)c2ccc(CNC3CCCCC3)cc2)sc2c(Cl)c(O)c(Cl)cc12. The lowest BCUT2D eigenvalue weighted by Gasteiger charge is -2.22. The molecule has 0 aliphatic heterocycles. The fraction of sp³-hybridized carbons (Fsp3) is 0.304. The fourth-order valence-electron chi connectivity index (χ4n) is 4.00. The Morgan fingerprint density at radius 1 is 1.12 bits per heavy atom. The van der Waals surface area contributed by atoms with Crippen LogP contribution in [0.25, 0.3) is 10.1 Å². The van der Waals surface area contributed by atoms with Gasteiger partial charge in [0.05, 0.1) is 15.3 Å². The van der Waals surface area contributed by atoms with E-state index < -0.39 is 5.91 Å². The number of aromatic hydroxyl groups is 1. The number of nitrogens with one attached hydrogen (secondary N) is 2. The molecule has 1 aliphatic rings. The van der Waals surface area contributed by atoms with Crippen LogP contribution in [0.3, 0.4) is 0 Å². The predicted octanol–water partition coefficient (Wildman–Crippen LogP) is 5.69. The van der Waals surface area contributed by atoms with Crippen LogP contribution in [-0.2, 0) is 6.54 Å². The Kier molecular flexibility index (Phi) is 6.90. The van der Waals surface area contributed by atoms with Gasteiger partial charge in [-0.25, -0.2) is 0 Å². The Balaban J connectivity index is 1.51. The van der Waals surface area contributed by atoms with Crippen molar-refractivity contribution in [1.29, 1.82) is 0 Å². The van der Waals surface area contributed by atoms with Gasteiger partial charge in [0.1, 0.15) is 10.0 Å². The summed E-state index contributed by atoms with van der Waals surface area (Å²) < 4.78 is 0.418. The van der Waals surface area contributed by atoms with Crippen molar-refractivity contribution in [3.05, 3.63) is 57.1 Å². The van der Waals surface area contributed by atoms with Gasteiger partial charge < -0.3 is 21.5 Å². The van der Waals surface area contributed by atoms with Crippen molar-refractivity contribution in [3.8, 4) is 5.75 Å². The second-order valence-electron chi connectivity index (χ2n) is 7.93. The molecule has 32 heavy (non-hydrogen) atoms. The molecule has 6 nitrogen and oxygen atoms in total. The summed E-state index contributed by atoms with van der Waals surface area (Å²) in [4.78, 5) is 24.9. The molecule has 0 spiro atoms. The van der Waals surface area contributed by atoms with Gasteiger partial charge in [0.2, 0.25) is 0 Å². The Morgan fingerprint density at radius 2 is 1.81 bits per heavy atom. The molecule has 2 amide bonds. The molecule has 0 unspecified atom stereocenters. The van der Waals surface area contributed by atoms with Crippen molar-refractivity contribution in [3.63, 3.8) is 0 Å². The van der Waals surface area contributed by atoms with Crippen molar-refractivity contribution in [2.75, 3.05) is 5.32 Å². The summed E-state index contributed by atoms with van der Waals surface area (Å²) in [6.45, 7) is 0.761. The van der Waals surface area contributed by atoms with Crippen molar-refractivity contribution >= 4 is 61.4 Å². The molecule has 3 aromatic rings. The highest BCUT2D eigenvalue weighted by Gasteiger charge is 2.23. The zero-order valence-corrected chi connectivity index (χ0v) is 19.5. The first-order valence-corrected chi connectivity index (χ1v) is 12.0. The number of hydrogen-bond acceptors (Lipinski definition) is 5. The molecule has 4 rings (SSSR count). The van der Waals surface area contributed by atoms with Crippen LogP contribution in [0.1, 0.15) is 58.4 Å². The monoisotopic (exact) mass is 491 g/mol. The normalized spacial score (nSPS) is 14.6. The predicted molar refractivity (Wildman–Crippen MR) is 130 cm³/mol. The van der Waals surface area contributed by atoms with Gasteiger partial charge in [-0.1, -0.05) is 54.6 Å². The van der Waals surface area contributed by atoms with Crippen molar-refractivity contribution in [2.24, 2.45) is 5.73 Å². The number of phenols is 1. The molecule has 1 aromatic heterocycles. The standard InChI is InChI=1S/C23H23Cl2N3O3S/c24-16-10-15-17(21(26)30)23(32-20(15)18(25)19(16)29)28-22(31)13-8-6-12(7-9-13)11-27-14-4-2-1-3-5-14/h6-10,14,27,29H,1-5,11H2,(H2,26,30)(H,28,31). The fourth-order valence-corrected chi connectivity index (χ4v) is 5.69. The van der Waals surface area contributed by atoms with Crippen LogP contribution in [0.2, 0.25) is 10.0 Å². The maximum atomic E-state index is 12.8. The topological polar surface area (TPSA) is 104 Å². The van der Waals surface area contributed by atoms with Crippen molar-refractivity contribution in [2.45, 2.75) is 44.7 Å². The molecular weight excluding hydrogens is 469 g/mol. The highest BCUT2D eigenvalue weighted by atomic mass is 35.5. The number of phenolic OH excluding ortho intramolecular Hbond substituents is 1. The van der Waals surface area contributed by atoms with Crippen molar-refractivity contribution < 1.29 is 14.7 Å². The molecule has 1 heterocycles. The van der Waals surface area contributed by atoms with Crippen LogP contribution in [-0.4, -0.2) is 23.0 Å². The van der Waals surface area contributed by atoms with Gasteiger partial charge in [-0.05, 0) is 36.6 Å². The summed E-state index contributed by atoms with van der Waals surface area (Å²) in [5.74, 6) is -1.39. The van der Waals surface area contributed by atoms with Crippen LogP contribution in [0, 0.1) is 0 Å². The number of fused-ring (bicyclic) bond motifs is 1. The van der Waals surface area contributed by atoms with E-state index in [-0.39, 0.29) is 32.3 Å². The summed E-state index contributed by atoms with van der Waals surface area (Å²) in [6, 6.07) is 9.31. The summed E-state index contributed by atoms with van der Waals surface area (Å²) in [5, 5.41) is 17.0. The highest BCUT2D eigenvalue weighted by molar-refractivity contribution is 7.24. The third-order valence-corrected chi connectivity index (χ3v) is 7.65. The molecule has 168 valence electrons. The first-order valence-electron chi connectivity index (χ1n) is 10.4. The van der Waals surface area contributed by atoms with Crippen LogP contribution in [0.5, 0.6) is 5.75 Å². The Hall–Kier alpha value is -2.32. The lowest BCUT2D eigenvalue weighted by atomic mass is 9.95. The number of benzene rings is 2. The second-order valence-corrected chi connectivity index (χ2v) is 9.74. The molecule has 0 saturated heterocycles. The van der Waals surface area contributed by atoms with Gasteiger partial charge >= 0.3 is 0 Å². The summed E-state index contributed by atoms with van der Waals surface area (Å²) in [6.07, 6.45) is 6.30. The Morgan fingerprint density at radius 3 is 2.47 bits per heavy atom. The number of thiophene rings is 1. The molecule has 9 heteroatoms. The molecule has 1 aliphatic carbocycles. The van der Waals surface area contributed by atoms with E-state index in [2.05, 4.69) is 10.6 Å². The molecule has 0 bridgehead atoms. The Labute approximate surface area is 199 Å². The number of amides is 2. The van der Waals surface area contributed by atoms with Gasteiger partial charge in [-0.3, -0.25) is 9.59 Å². The lowest BCUT2D eigenvalue weighted by molar-refractivity contribution is 0.100. The maximum absolute atomic E-state index is 12.8. The van der Waals surface area contributed by atoms with E-state index in [1.165, 1.54) is 38.2 Å². The number of halogens is 2. The average molecular weight is 492 g/mol. The third-order valence-electron chi connectivity index (χ3n) is 5.74. The number of rotatable bonds is 6. The minimum Gasteiger partial charge on any atom is -0.505 e. The smallest absolute Gasteiger partial charge is 0.256 e. The number of anilines is 1. The molecule has 2 aromatic carbocycles. The second kappa shape index (κ2) is 9.67. The largest absolute Gasteiger partial charge is 0.505 e. The quantitative estimate of drug-likeness (QED) is 0.355. The Bertz CT molecular complexity index is 1170. The number of hydrogen-bond donors (Lipinski definition) is 4. The van der Waals surface area contributed by atoms with E-state index in [1.807, 2.05) is 12.1 Å². The van der Waals surface area contributed by atoms with Crippen molar-refractivity contribution in [1.82, 2.24) is 5.32 Å². The number of primary amides is 1. The summed E-state index contributed by atoms with van der Waals surface area (Å²) in [7, 11) is 0. The zero-order valence-electron chi connectivity index (χ0n) is 17.2. The van der Waals surface area contributed by atoms with Gasteiger partial charge in [-0.2, -0.15) is 0 Å². The first-order chi connectivity index (χ1) is 15.3. The molecular formula is C23H23Cl2N3O3S. The highest BCUT2D eigenvalue weighted by Crippen LogP contribution is 2.46. The number of carbonyl (C=O) groups is 2. The number of nitrogens with two attached hydrogens (primary N) is 1. The van der Waals surface area contributed by atoms with Crippen LogP contribution < -0.4 is 16.4 Å². The van der Waals surface area contributed by atoms with E-state index >= 15 is 0 Å². The third kappa shape index (κ3) is 4.71. The van der Waals surface area contributed by atoms with E-state index in [0.717, 1.165) is 23.4 Å². The summed E-state index contributed by atoms with van der Waals surface area (Å²) in [5.41, 5.74) is 7.21. The van der Waals surface area contributed by atoms with E-state index in [9.17, 15) is 14.7 Å². The van der Waals surface area contributed by atoms with Gasteiger partial charge in [0.25, 0.3) is 11.8 Å². The van der Waals surface area contributed by atoms with Gasteiger partial charge in [0, 0.05) is 23.5 Å². The molecule has 0 atom stereocenters. The van der Waals surface area contributed by atoms with Crippen LogP contribution in [0.15, 0.2) is 30.3 Å². The summed E-state index contributed by atoms with van der Waals surface area (Å²) >= 11 is 13.2. The molecule has 1 fully saturated rings. The zero-order chi connectivity index (χ0) is 22.8. The molecule has 0 radical (unpaired) electrons. The number of carbonyl (C=O) groups excluding carboxylic acids is 2. The molecule has 5 N–H and O–H groups in total. The van der Waals surface area contributed by atoms with Crippen LogP contribution in [0.4, 0.5) is 5.00 Å². The molecule has 1 saturated carbocycles. The lowest BCUT2D eigenvalue weighted by Crippen LogP contribution is -2.30. The van der Waals surface area contributed by atoms with E-state index in [0.29, 0.717) is 21.7 Å². The van der Waals surface area contributed by atoms with E-state index in [4.69, 9.17) is 28.9 Å².